The van der Waals surface area contributed by atoms with Crippen LogP contribution in [-0.2, 0) is 0 Å². The van der Waals surface area contributed by atoms with Gasteiger partial charge >= 0.3 is 0 Å². The fourth-order valence-electron chi connectivity index (χ4n) is 1.77. The van der Waals surface area contributed by atoms with Gasteiger partial charge in [0.1, 0.15) is 0 Å². The summed E-state index contributed by atoms with van der Waals surface area (Å²) < 4.78 is 0. The first-order chi connectivity index (χ1) is 13.7. The molecule has 0 amide bonds. The Morgan fingerprint density at radius 3 is 0.821 bits per heavy atom. The third-order valence-corrected chi connectivity index (χ3v) is 3.39. The van der Waals surface area contributed by atoms with Crippen molar-refractivity contribution in [1.29, 1.82) is 0 Å². The zero-order valence-corrected chi connectivity index (χ0v) is 17.0. The van der Waals surface area contributed by atoms with Gasteiger partial charge in [0.15, 0.2) is 0 Å². The van der Waals surface area contributed by atoms with Crippen LogP contribution in [0.15, 0.2) is 123 Å². The number of hydrogen-bond donors (Lipinski definition) is 0. The summed E-state index contributed by atoms with van der Waals surface area (Å²) in [5.74, 6) is 0. The van der Waals surface area contributed by atoms with Gasteiger partial charge in [-0.05, 0) is 23.1 Å². The lowest BCUT2D eigenvalue weighted by Gasteiger charge is -1.85. The normalized spacial score (nSPS) is 8.18. The molecule has 0 heterocycles. The SMILES string of the molecule is C=CCC.C=Cc1ccccc1.C=Cc1ccccc1.C=Cc1ccccc1. The van der Waals surface area contributed by atoms with Gasteiger partial charge in [0, 0.05) is 0 Å². The van der Waals surface area contributed by atoms with Crippen LogP contribution in [0.4, 0.5) is 0 Å². The number of allylic oxidation sites excluding steroid dienone is 1. The van der Waals surface area contributed by atoms with Gasteiger partial charge in [-0.2, -0.15) is 0 Å². The Hall–Kier alpha value is -3.38. The summed E-state index contributed by atoms with van der Waals surface area (Å²) in [6.07, 6.45) is 8.46. The van der Waals surface area contributed by atoms with E-state index in [1.54, 1.807) is 0 Å². The van der Waals surface area contributed by atoms with E-state index in [9.17, 15) is 0 Å². The van der Waals surface area contributed by atoms with E-state index in [2.05, 4.69) is 33.2 Å². The summed E-state index contributed by atoms with van der Waals surface area (Å²) in [6, 6.07) is 30.1. The van der Waals surface area contributed by atoms with Crippen LogP contribution < -0.4 is 0 Å². The summed E-state index contributed by atoms with van der Waals surface area (Å²) in [5.41, 5.74) is 3.52. The molecule has 0 aliphatic rings. The molecule has 0 saturated heterocycles. The van der Waals surface area contributed by atoms with Gasteiger partial charge in [0.05, 0.1) is 0 Å². The van der Waals surface area contributed by atoms with Crippen molar-refractivity contribution in [2.45, 2.75) is 13.3 Å². The summed E-state index contributed by atoms with van der Waals surface area (Å²) in [5, 5.41) is 0. The van der Waals surface area contributed by atoms with Gasteiger partial charge in [0.2, 0.25) is 0 Å². The molecule has 0 heteroatoms. The van der Waals surface area contributed by atoms with Gasteiger partial charge in [-0.25, -0.2) is 0 Å². The van der Waals surface area contributed by atoms with E-state index in [0.717, 1.165) is 6.42 Å². The molecule has 0 unspecified atom stereocenters. The van der Waals surface area contributed by atoms with E-state index < -0.39 is 0 Å². The molecule has 0 nitrogen and oxygen atoms in total. The fourth-order valence-corrected chi connectivity index (χ4v) is 1.77. The molecule has 3 aromatic carbocycles. The molecule has 144 valence electrons. The number of rotatable bonds is 4. The summed E-state index contributed by atoms with van der Waals surface area (Å²) in [4.78, 5) is 0. The second kappa shape index (κ2) is 18.4. The van der Waals surface area contributed by atoms with Crippen molar-refractivity contribution in [2.75, 3.05) is 0 Å². The quantitative estimate of drug-likeness (QED) is 0.404. The molecule has 0 atom stereocenters. The maximum atomic E-state index is 3.63. The Morgan fingerprint density at radius 1 is 0.500 bits per heavy atom. The van der Waals surface area contributed by atoms with Crippen LogP contribution in [0.1, 0.15) is 30.0 Å². The highest BCUT2D eigenvalue weighted by molar-refractivity contribution is 5.46. The molecule has 3 aromatic rings. The van der Waals surface area contributed by atoms with E-state index in [-0.39, 0.29) is 0 Å². The van der Waals surface area contributed by atoms with E-state index in [4.69, 9.17) is 0 Å². The molecular formula is C28H32. The summed E-state index contributed by atoms with van der Waals surface area (Å²) >= 11 is 0. The van der Waals surface area contributed by atoms with Gasteiger partial charge in [0.25, 0.3) is 0 Å². The van der Waals surface area contributed by atoms with Gasteiger partial charge in [-0.15, -0.1) is 6.58 Å². The lowest BCUT2D eigenvalue weighted by atomic mass is 10.2. The largest absolute Gasteiger partial charge is 0.103 e. The Kier molecular flexibility index (Phi) is 16.2. The van der Waals surface area contributed by atoms with E-state index in [1.165, 1.54) is 16.7 Å². The van der Waals surface area contributed by atoms with Crippen molar-refractivity contribution < 1.29 is 0 Å². The molecule has 0 saturated carbocycles. The minimum absolute atomic E-state index is 1.08. The molecular weight excluding hydrogens is 336 g/mol. The van der Waals surface area contributed by atoms with Gasteiger partial charge in [-0.1, -0.05) is 142 Å². The molecule has 0 spiro atoms. The van der Waals surface area contributed by atoms with Crippen molar-refractivity contribution >= 4 is 18.2 Å². The van der Waals surface area contributed by atoms with Crippen molar-refractivity contribution in [1.82, 2.24) is 0 Å². The molecule has 0 N–H and O–H groups in total. The van der Waals surface area contributed by atoms with Crippen molar-refractivity contribution in [3.8, 4) is 0 Å². The average molecular weight is 369 g/mol. The van der Waals surface area contributed by atoms with E-state index in [0.29, 0.717) is 0 Å². The molecule has 0 fully saturated rings. The highest BCUT2D eigenvalue weighted by atomic mass is 13.8. The minimum Gasteiger partial charge on any atom is -0.103 e. The van der Waals surface area contributed by atoms with Crippen LogP contribution in [0.2, 0.25) is 0 Å². The van der Waals surface area contributed by atoms with E-state index in [1.807, 2.05) is 115 Å². The van der Waals surface area contributed by atoms with Crippen LogP contribution >= 0.6 is 0 Å². The second-order valence-electron chi connectivity index (χ2n) is 5.54. The molecule has 3 rings (SSSR count). The van der Waals surface area contributed by atoms with Crippen molar-refractivity contribution in [3.63, 3.8) is 0 Å². The predicted octanol–water partition coefficient (Wildman–Crippen LogP) is 8.57. The monoisotopic (exact) mass is 368 g/mol. The first kappa shape index (κ1) is 24.6. The predicted molar refractivity (Wildman–Crippen MR) is 130 cm³/mol. The standard InChI is InChI=1S/3C8H8.C4H8/c3*1-2-8-6-4-3-5-7-8;1-3-4-2/h3*2-7H,1H2;3H,1,4H2,2H3. The van der Waals surface area contributed by atoms with Crippen LogP contribution in [-0.4, -0.2) is 0 Å². The first-order valence-corrected chi connectivity index (χ1v) is 9.35. The Labute approximate surface area is 171 Å². The average Bonchev–Trinajstić information content (AvgIpc) is 2.81. The van der Waals surface area contributed by atoms with Crippen molar-refractivity contribution in [3.05, 3.63) is 140 Å². The molecule has 0 aliphatic carbocycles. The highest BCUT2D eigenvalue weighted by Crippen LogP contribution is 1.98. The van der Waals surface area contributed by atoms with Crippen LogP contribution in [0.25, 0.3) is 18.2 Å². The Balaban J connectivity index is 0.000000358. The maximum absolute atomic E-state index is 3.63. The maximum Gasteiger partial charge on any atom is -0.0263 e. The molecule has 0 radical (unpaired) electrons. The first-order valence-electron chi connectivity index (χ1n) is 9.35. The van der Waals surface area contributed by atoms with Crippen LogP contribution in [0, 0.1) is 0 Å². The third-order valence-electron chi connectivity index (χ3n) is 3.39. The third kappa shape index (κ3) is 13.9. The molecule has 0 bridgehead atoms. The number of hydrogen-bond acceptors (Lipinski definition) is 0. The zero-order chi connectivity index (χ0) is 20.9. The fraction of sp³-hybridized carbons (Fsp3) is 0.0714. The second-order valence-corrected chi connectivity index (χ2v) is 5.54. The van der Waals surface area contributed by atoms with E-state index >= 15 is 0 Å². The lowest BCUT2D eigenvalue weighted by Crippen LogP contribution is -1.63. The Bertz CT molecular complexity index is 649. The minimum atomic E-state index is 1.08. The highest BCUT2D eigenvalue weighted by Gasteiger charge is 1.77. The lowest BCUT2D eigenvalue weighted by molar-refractivity contribution is 1.23. The molecule has 0 aromatic heterocycles. The van der Waals surface area contributed by atoms with Crippen molar-refractivity contribution in [2.24, 2.45) is 0 Å². The summed E-state index contributed by atoms with van der Waals surface area (Å²) in [7, 11) is 0. The van der Waals surface area contributed by atoms with Crippen LogP contribution in [0.3, 0.4) is 0 Å². The molecule has 28 heavy (non-hydrogen) atoms. The number of benzene rings is 3. The summed E-state index contributed by atoms with van der Waals surface area (Å²) in [6.45, 7) is 16.4. The van der Waals surface area contributed by atoms with Gasteiger partial charge in [-0.3, -0.25) is 0 Å². The Morgan fingerprint density at radius 2 is 0.714 bits per heavy atom. The zero-order valence-electron chi connectivity index (χ0n) is 17.0. The van der Waals surface area contributed by atoms with Crippen LogP contribution in [0.5, 0.6) is 0 Å². The topological polar surface area (TPSA) is 0 Å². The van der Waals surface area contributed by atoms with Gasteiger partial charge < -0.3 is 0 Å². The smallest absolute Gasteiger partial charge is 0.0263 e. The molecule has 0 aliphatic heterocycles.